The van der Waals surface area contributed by atoms with Crippen LogP contribution < -0.4 is 9.47 Å². The van der Waals surface area contributed by atoms with Crippen molar-refractivity contribution in [2.45, 2.75) is 39.4 Å². The zero-order valence-corrected chi connectivity index (χ0v) is 16.3. The first-order valence-corrected chi connectivity index (χ1v) is 9.76. The lowest BCUT2D eigenvalue weighted by molar-refractivity contribution is 0.111. The van der Waals surface area contributed by atoms with E-state index in [1.807, 2.05) is 72.8 Å². The normalized spacial score (nSPS) is 10.5. The summed E-state index contributed by atoms with van der Waals surface area (Å²) in [4.78, 5) is 11.9. The number of carbonyl (C=O) groups is 1. The van der Waals surface area contributed by atoms with E-state index in [9.17, 15) is 4.79 Å². The van der Waals surface area contributed by atoms with Gasteiger partial charge >= 0.3 is 0 Å². The number of hydrogen-bond donors (Lipinski definition) is 0. The number of ether oxygens (including phenoxy) is 2. The molecule has 0 spiro atoms. The van der Waals surface area contributed by atoms with Gasteiger partial charge in [-0.2, -0.15) is 0 Å². The van der Waals surface area contributed by atoms with E-state index in [2.05, 4.69) is 6.92 Å². The molecule has 0 aromatic heterocycles. The first-order chi connectivity index (χ1) is 13.8. The van der Waals surface area contributed by atoms with E-state index in [1.165, 1.54) is 0 Å². The summed E-state index contributed by atoms with van der Waals surface area (Å²) in [5, 5.41) is 0. The molecule has 28 heavy (non-hydrogen) atoms. The molecule has 0 fully saturated rings. The second kappa shape index (κ2) is 10.3. The predicted octanol–water partition coefficient (Wildman–Crippen LogP) is 6.00. The second-order valence-electron chi connectivity index (χ2n) is 6.74. The fourth-order valence-corrected chi connectivity index (χ4v) is 3.06. The number of unbranched alkanes of at least 4 members (excludes halogenated alkanes) is 1. The second-order valence-corrected chi connectivity index (χ2v) is 6.74. The van der Waals surface area contributed by atoms with Crippen LogP contribution in [0.4, 0.5) is 0 Å². The number of rotatable bonds is 10. The summed E-state index contributed by atoms with van der Waals surface area (Å²) in [6.07, 6.45) is 3.85. The quantitative estimate of drug-likeness (QED) is 0.408. The lowest BCUT2D eigenvalue weighted by atomic mass is 10.0. The van der Waals surface area contributed by atoms with Crippen LogP contribution in [0.25, 0.3) is 0 Å². The van der Waals surface area contributed by atoms with E-state index in [0.717, 1.165) is 42.2 Å². The Hall–Kier alpha value is -3.07. The summed E-state index contributed by atoms with van der Waals surface area (Å²) < 4.78 is 12.1. The van der Waals surface area contributed by atoms with Crippen LogP contribution in [0.5, 0.6) is 11.5 Å². The highest BCUT2D eigenvalue weighted by molar-refractivity contribution is 5.84. The van der Waals surface area contributed by atoms with Crippen molar-refractivity contribution < 1.29 is 14.3 Å². The Labute approximate surface area is 166 Å². The van der Waals surface area contributed by atoms with Gasteiger partial charge in [-0.3, -0.25) is 4.79 Å². The third-order valence-corrected chi connectivity index (χ3v) is 4.62. The minimum Gasteiger partial charge on any atom is -0.488 e. The molecular weight excluding hydrogens is 348 g/mol. The minimum atomic E-state index is 0.411. The SMILES string of the molecule is CCCCc1ccc(OCc2ccccc2)c(C=O)c1OCc1ccccc1. The molecule has 0 saturated heterocycles. The highest BCUT2D eigenvalue weighted by Crippen LogP contribution is 2.33. The molecule has 0 heterocycles. The monoisotopic (exact) mass is 374 g/mol. The Bertz CT molecular complexity index is 873. The van der Waals surface area contributed by atoms with Crippen LogP contribution in [-0.4, -0.2) is 6.29 Å². The Morgan fingerprint density at radius 1 is 0.786 bits per heavy atom. The van der Waals surface area contributed by atoms with Crippen LogP contribution in [0, 0.1) is 0 Å². The van der Waals surface area contributed by atoms with Crippen molar-refractivity contribution in [3.05, 3.63) is 95.1 Å². The van der Waals surface area contributed by atoms with Crippen LogP contribution in [0.1, 0.15) is 46.8 Å². The molecule has 0 unspecified atom stereocenters. The molecule has 144 valence electrons. The van der Waals surface area contributed by atoms with Gasteiger partial charge in [0, 0.05) is 0 Å². The van der Waals surface area contributed by atoms with E-state index in [1.54, 1.807) is 0 Å². The number of hydrogen-bond acceptors (Lipinski definition) is 3. The lowest BCUT2D eigenvalue weighted by Crippen LogP contribution is -2.05. The molecule has 3 heteroatoms. The van der Waals surface area contributed by atoms with Gasteiger partial charge in [-0.1, -0.05) is 80.1 Å². The fraction of sp³-hybridized carbons (Fsp3) is 0.240. The Morgan fingerprint density at radius 2 is 1.39 bits per heavy atom. The van der Waals surface area contributed by atoms with Gasteiger partial charge in [-0.05, 0) is 35.6 Å². The molecule has 0 bridgehead atoms. The van der Waals surface area contributed by atoms with E-state index in [-0.39, 0.29) is 0 Å². The van der Waals surface area contributed by atoms with Crippen molar-refractivity contribution >= 4 is 6.29 Å². The highest BCUT2D eigenvalue weighted by atomic mass is 16.5. The predicted molar refractivity (Wildman–Crippen MR) is 112 cm³/mol. The molecule has 3 rings (SSSR count). The molecule has 0 aliphatic rings. The molecular formula is C25H26O3. The largest absolute Gasteiger partial charge is 0.488 e. The van der Waals surface area contributed by atoms with Crippen LogP contribution >= 0.6 is 0 Å². The smallest absolute Gasteiger partial charge is 0.157 e. The summed E-state index contributed by atoms with van der Waals surface area (Å²) in [6.45, 7) is 2.99. The summed E-state index contributed by atoms with van der Waals surface area (Å²) >= 11 is 0. The lowest BCUT2D eigenvalue weighted by Gasteiger charge is -2.17. The third-order valence-electron chi connectivity index (χ3n) is 4.62. The Morgan fingerprint density at radius 3 is 1.96 bits per heavy atom. The highest BCUT2D eigenvalue weighted by Gasteiger charge is 2.16. The van der Waals surface area contributed by atoms with Crippen LogP contribution in [0.15, 0.2) is 72.8 Å². The van der Waals surface area contributed by atoms with Crippen molar-refractivity contribution in [3.8, 4) is 11.5 Å². The van der Waals surface area contributed by atoms with Gasteiger partial charge in [-0.25, -0.2) is 0 Å². The molecule has 3 nitrogen and oxygen atoms in total. The third kappa shape index (κ3) is 5.23. The average molecular weight is 374 g/mol. The van der Waals surface area contributed by atoms with Crippen molar-refractivity contribution in [1.82, 2.24) is 0 Å². The average Bonchev–Trinajstić information content (AvgIpc) is 2.76. The first kappa shape index (κ1) is 19.7. The van der Waals surface area contributed by atoms with E-state index in [0.29, 0.717) is 30.3 Å². The number of benzene rings is 3. The zero-order chi connectivity index (χ0) is 19.6. The molecule has 0 atom stereocenters. The van der Waals surface area contributed by atoms with Gasteiger partial charge in [0.2, 0.25) is 0 Å². The van der Waals surface area contributed by atoms with E-state index >= 15 is 0 Å². The van der Waals surface area contributed by atoms with E-state index < -0.39 is 0 Å². The zero-order valence-electron chi connectivity index (χ0n) is 16.3. The van der Waals surface area contributed by atoms with Crippen molar-refractivity contribution in [2.24, 2.45) is 0 Å². The van der Waals surface area contributed by atoms with Crippen LogP contribution in [-0.2, 0) is 19.6 Å². The molecule has 0 aliphatic heterocycles. The van der Waals surface area contributed by atoms with Gasteiger partial charge in [0.15, 0.2) is 6.29 Å². The van der Waals surface area contributed by atoms with Gasteiger partial charge in [0.25, 0.3) is 0 Å². The number of aldehydes is 1. The van der Waals surface area contributed by atoms with Gasteiger partial charge in [0.05, 0.1) is 5.56 Å². The van der Waals surface area contributed by atoms with Crippen LogP contribution in [0.3, 0.4) is 0 Å². The molecule has 0 saturated carbocycles. The molecule has 0 radical (unpaired) electrons. The summed E-state index contributed by atoms with van der Waals surface area (Å²) in [6, 6.07) is 23.8. The minimum absolute atomic E-state index is 0.411. The van der Waals surface area contributed by atoms with Crippen molar-refractivity contribution in [1.29, 1.82) is 0 Å². The standard InChI is InChI=1S/C25H26O3/c1-2-3-14-22-15-16-24(27-18-20-10-6-4-7-11-20)23(17-26)25(22)28-19-21-12-8-5-9-13-21/h4-13,15-17H,2-3,14,18-19H2,1H3. The van der Waals surface area contributed by atoms with Crippen molar-refractivity contribution in [3.63, 3.8) is 0 Å². The molecule has 0 N–H and O–H groups in total. The van der Waals surface area contributed by atoms with Gasteiger partial charge in [-0.15, -0.1) is 0 Å². The van der Waals surface area contributed by atoms with Crippen molar-refractivity contribution in [2.75, 3.05) is 0 Å². The van der Waals surface area contributed by atoms with Crippen LogP contribution in [0.2, 0.25) is 0 Å². The summed E-state index contributed by atoms with van der Waals surface area (Å²) in [5.74, 6) is 1.19. The first-order valence-electron chi connectivity index (χ1n) is 9.76. The number of aryl methyl sites for hydroxylation is 1. The fourth-order valence-electron chi connectivity index (χ4n) is 3.06. The maximum atomic E-state index is 11.9. The number of carbonyl (C=O) groups excluding carboxylic acids is 1. The summed E-state index contributed by atoms with van der Waals surface area (Å²) in [7, 11) is 0. The topological polar surface area (TPSA) is 35.5 Å². The van der Waals surface area contributed by atoms with Gasteiger partial charge < -0.3 is 9.47 Å². The maximum absolute atomic E-state index is 11.9. The maximum Gasteiger partial charge on any atom is 0.157 e. The molecule has 3 aromatic carbocycles. The van der Waals surface area contributed by atoms with Gasteiger partial charge in [0.1, 0.15) is 24.7 Å². The molecule has 0 aliphatic carbocycles. The molecule has 0 amide bonds. The van der Waals surface area contributed by atoms with E-state index in [4.69, 9.17) is 9.47 Å². The summed E-state index contributed by atoms with van der Waals surface area (Å²) in [5.41, 5.74) is 3.66. The Balaban J connectivity index is 1.84. The molecule has 3 aromatic rings. The Kier molecular flexibility index (Phi) is 7.25.